The molecule has 0 aliphatic carbocycles. The molecule has 0 spiro atoms. The highest BCUT2D eigenvalue weighted by Crippen LogP contribution is 2.19. The van der Waals surface area contributed by atoms with Gasteiger partial charge < -0.3 is 20.9 Å². The number of carbonyl (C=O) groups excluding carboxylic acids is 1. The van der Waals surface area contributed by atoms with Gasteiger partial charge in [-0.3, -0.25) is 9.79 Å². The smallest absolute Gasteiger partial charge is 0.221 e. The fourth-order valence-corrected chi connectivity index (χ4v) is 2.64. The summed E-state index contributed by atoms with van der Waals surface area (Å²) in [7, 11) is 0. The highest BCUT2D eigenvalue weighted by atomic mass is 127. The molecule has 2 rings (SSSR count). The first-order valence-electron chi connectivity index (χ1n) is 9.18. The summed E-state index contributed by atoms with van der Waals surface area (Å²) in [4.78, 5) is 19.1. The van der Waals surface area contributed by atoms with Gasteiger partial charge in [-0.1, -0.05) is 6.92 Å². The van der Waals surface area contributed by atoms with Crippen molar-refractivity contribution < 1.29 is 9.18 Å². The lowest BCUT2D eigenvalue weighted by atomic mass is 10.1. The molecule has 0 aliphatic heterocycles. The van der Waals surface area contributed by atoms with Crippen LogP contribution in [-0.4, -0.2) is 43.0 Å². The Labute approximate surface area is 176 Å². The first kappa shape index (κ1) is 23.2. The van der Waals surface area contributed by atoms with Gasteiger partial charge in [-0.25, -0.2) is 4.39 Å². The van der Waals surface area contributed by atoms with Gasteiger partial charge in [0.2, 0.25) is 5.91 Å². The zero-order chi connectivity index (χ0) is 18.8. The summed E-state index contributed by atoms with van der Waals surface area (Å²) in [6, 6.07) is 4.77. The van der Waals surface area contributed by atoms with E-state index in [1.165, 1.54) is 12.1 Å². The molecule has 0 radical (unpaired) electrons. The van der Waals surface area contributed by atoms with Gasteiger partial charge in [0.25, 0.3) is 0 Å². The SMILES string of the molecule is CCCNC(=O)CCN=C(NCC)NCCc1c[nH]c2cc(F)ccc12.I. The van der Waals surface area contributed by atoms with Crippen LogP contribution in [0.25, 0.3) is 10.9 Å². The van der Waals surface area contributed by atoms with E-state index in [1.807, 2.05) is 20.0 Å². The third-order valence-corrected chi connectivity index (χ3v) is 3.94. The van der Waals surface area contributed by atoms with Crippen LogP contribution in [0.15, 0.2) is 29.4 Å². The Morgan fingerprint density at radius 2 is 2.00 bits per heavy atom. The molecule has 1 aromatic heterocycles. The number of aromatic nitrogens is 1. The number of benzene rings is 1. The zero-order valence-electron chi connectivity index (χ0n) is 15.9. The molecular formula is C19H29FIN5O. The van der Waals surface area contributed by atoms with Crippen LogP contribution in [0.5, 0.6) is 0 Å². The van der Waals surface area contributed by atoms with Crippen molar-refractivity contribution in [2.75, 3.05) is 26.2 Å². The van der Waals surface area contributed by atoms with Gasteiger partial charge in [-0.05, 0) is 43.5 Å². The fraction of sp³-hybridized carbons (Fsp3) is 0.474. The van der Waals surface area contributed by atoms with Crippen LogP contribution in [0, 0.1) is 5.82 Å². The molecule has 2 aromatic rings. The number of hydrogen-bond donors (Lipinski definition) is 4. The number of fused-ring (bicyclic) bond motifs is 1. The Morgan fingerprint density at radius 3 is 2.74 bits per heavy atom. The molecule has 0 saturated heterocycles. The monoisotopic (exact) mass is 489 g/mol. The molecule has 0 fully saturated rings. The van der Waals surface area contributed by atoms with Crippen molar-refractivity contribution in [2.24, 2.45) is 4.99 Å². The van der Waals surface area contributed by atoms with E-state index in [9.17, 15) is 9.18 Å². The molecule has 0 unspecified atom stereocenters. The molecule has 4 N–H and O–H groups in total. The van der Waals surface area contributed by atoms with Crippen LogP contribution in [0.4, 0.5) is 4.39 Å². The molecule has 1 amide bonds. The zero-order valence-corrected chi connectivity index (χ0v) is 18.2. The van der Waals surface area contributed by atoms with Crippen molar-refractivity contribution in [1.29, 1.82) is 0 Å². The molecule has 1 aromatic carbocycles. The number of nitrogens with zero attached hydrogens (tertiary/aromatic N) is 1. The van der Waals surface area contributed by atoms with E-state index in [0.29, 0.717) is 32.0 Å². The van der Waals surface area contributed by atoms with Crippen LogP contribution in [-0.2, 0) is 11.2 Å². The number of hydrogen-bond acceptors (Lipinski definition) is 2. The molecule has 8 heteroatoms. The van der Waals surface area contributed by atoms with E-state index in [4.69, 9.17) is 0 Å². The second-order valence-corrected chi connectivity index (χ2v) is 6.04. The quantitative estimate of drug-likeness (QED) is 0.249. The van der Waals surface area contributed by atoms with E-state index in [0.717, 1.165) is 35.9 Å². The molecule has 6 nitrogen and oxygen atoms in total. The second kappa shape index (κ2) is 12.5. The standard InChI is InChI=1S/C19H28FN5O.HI/c1-3-9-22-18(26)8-11-24-19(21-4-2)23-10-7-14-13-25-17-12-15(20)5-6-16(14)17;/h5-6,12-13,25H,3-4,7-11H2,1-2H3,(H,22,26)(H2,21,23,24);1H. The van der Waals surface area contributed by atoms with Crippen molar-refractivity contribution in [1.82, 2.24) is 20.9 Å². The summed E-state index contributed by atoms with van der Waals surface area (Å²) >= 11 is 0. The number of aromatic amines is 1. The molecule has 150 valence electrons. The molecule has 0 atom stereocenters. The van der Waals surface area contributed by atoms with E-state index in [2.05, 4.69) is 25.9 Å². The summed E-state index contributed by atoms with van der Waals surface area (Å²) in [6.45, 7) is 6.61. The minimum Gasteiger partial charge on any atom is -0.361 e. The largest absolute Gasteiger partial charge is 0.361 e. The Morgan fingerprint density at radius 1 is 1.19 bits per heavy atom. The van der Waals surface area contributed by atoms with Crippen LogP contribution in [0.2, 0.25) is 0 Å². The molecule has 0 aliphatic rings. The summed E-state index contributed by atoms with van der Waals surface area (Å²) in [5, 5.41) is 10.3. The third-order valence-electron chi connectivity index (χ3n) is 3.94. The van der Waals surface area contributed by atoms with Crippen molar-refractivity contribution in [2.45, 2.75) is 33.1 Å². The van der Waals surface area contributed by atoms with Crippen LogP contribution in [0.1, 0.15) is 32.3 Å². The molecule has 27 heavy (non-hydrogen) atoms. The van der Waals surface area contributed by atoms with Crippen molar-refractivity contribution in [3.05, 3.63) is 35.8 Å². The number of guanidine groups is 1. The maximum atomic E-state index is 13.2. The van der Waals surface area contributed by atoms with Gasteiger partial charge in [0.15, 0.2) is 5.96 Å². The predicted octanol–water partition coefficient (Wildman–Crippen LogP) is 2.94. The summed E-state index contributed by atoms with van der Waals surface area (Å²) in [5.41, 5.74) is 1.93. The summed E-state index contributed by atoms with van der Waals surface area (Å²) in [6.07, 6.45) is 4.01. The minimum absolute atomic E-state index is 0. The maximum absolute atomic E-state index is 13.2. The van der Waals surface area contributed by atoms with Crippen molar-refractivity contribution >= 4 is 46.7 Å². The van der Waals surface area contributed by atoms with E-state index < -0.39 is 0 Å². The van der Waals surface area contributed by atoms with E-state index in [-0.39, 0.29) is 35.7 Å². The van der Waals surface area contributed by atoms with Crippen LogP contribution < -0.4 is 16.0 Å². The normalized spacial score (nSPS) is 11.1. The van der Waals surface area contributed by atoms with Gasteiger partial charge in [0.1, 0.15) is 5.82 Å². The predicted molar refractivity (Wildman–Crippen MR) is 119 cm³/mol. The number of rotatable bonds is 9. The van der Waals surface area contributed by atoms with Gasteiger partial charge in [-0.2, -0.15) is 0 Å². The number of nitrogens with one attached hydrogen (secondary N) is 4. The molecule has 0 bridgehead atoms. The van der Waals surface area contributed by atoms with Gasteiger partial charge in [-0.15, -0.1) is 24.0 Å². The lowest BCUT2D eigenvalue weighted by Crippen LogP contribution is -2.38. The average molecular weight is 489 g/mol. The van der Waals surface area contributed by atoms with Crippen LogP contribution in [0.3, 0.4) is 0 Å². The highest BCUT2D eigenvalue weighted by molar-refractivity contribution is 14.0. The number of halogens is 2. The number of amides is 1. The Hall–Kier alpha value is -1.84. The fourth-order valence-electron chi connectivity index (χ4n) is 2.64. The lowest BCUT2D eigenvalue weighted by Gasteiger charge is -2.11. The first-order valence-corrected chi connectivity index (χ1v) is 9.18. The molecule has 1 heterocycles. The molecule has 0 saturated carbocycles. The van der Waals surface area contributed by atoms with Crippen molar-refractivity contribution in [3.63, 3.8) is 0 Å². The summed E-state index contributed by atoms with van der Waals surface area (Å²) < 4.78 is 13.2. The lowest BCUT2D eigenvalue weighted by molar-refractivity contribution is -0.120. The summed E-state index contributed by atoms with van der Waals surface area (Å²) in [5.74, 6) is 0.479. The average Bonchev–Trinajstić information content (AvgIpc) is 3.02. The molecular weight excluding hydrogens is 460 g/mol. The maximum Gasteiger partial charge on any atom is 0.221 e. The Bertz CT molecular complexity index is 747. The Kier molecular flexibility index (Phi) is 10.8. The highest BCUT2D eigenvalue weighted by Gasteiger charge is 2.05. The number of carbonyl (C=O) groups is 1. The number of H-pyrrole nitrogens is 1. The Balaban J connectivity index is 0.00000364. The van der Waals surface area contributed by atoms with E-state index >= 15 is 0 Å². The van der Waals surface area contributed by atoms with Crippen molar-refractivity contribution in [3.8, 4) is 0 Å². The van der Waals surface area contributed by atoms with Gasteiger partial charge >= 0.3 is 0 Å². The van der Waals surface area contributed by atoms with Gasteiger partial charge in [0, 0.05) is 43.2 Å². The van der Waals surface area contributed by atoms with Gasteiger partial charge in [0.05, 0.1) is 6.54 Å². The van der Waals surface area contributed by atoms with E-state index in [1.54, 1.807) is 6.07 Å². The first-order chi connectivity index (χ1) is 12.6. The minimum atomic E-state index is -0.242. The number of aliphatic imine (C=N–C) groups is 1. The third kappa shape index (κ3) is 7.74. The topological polar surface area (TPSA) is 81.3 Å². The second-order valence-electron chi connectivity index (χ2n) is 6.04. The van der Waals surface area contributed by atoms with Crippen LogP contribution >= 0.6 is 24.0 Å².